The lowest BCUT2D eigenvalue weighted by Crippen LogP contribution is -2.57. The fourth-order valence-corrected chi connectivity index (χ4v) is 3.25. The van der Waals surface area contributed by atoms with Crippen LogP contribution >= 0.6 is 0 Å². The molecule has 3 rings (SSSR count). The number of aromatic nitrogens is 4. The van der Waals surface area contributed by atoms with Gasteiger partial charge in [-0.05, 0) is 18.6 Å². The number of rotatable bonds is 12. The van der Waals surface area contributed by atoms with Crippen molar-refractivity contribution in [2.24, 2.45) is 11.6 Å². The third-order valence-corrected chi connectivity index (χ3v) is 4.99. The normalized spacial score (nSPS) is 16.2. The molecule has 0 aromatic carbocycles. The van der Waals surface area contributed by atoms with Gasteiger partial charge < -0.3 is 21.4 Å². The van der Waals surface area contributed by atoms with Crippen LogP contribution in [-0.2, 0) is 22.7 Å². The van der Waals surface area contributed by atoms with Crippen molar-refractivity contribution in [1.29, 1.82) is 0 Å². The fourth-order valence-electron chi connectivity index (χ4n) is 3.25. The molecule has 2 aromatic rings. The average Bonchev–Trinajstić information content (AvgIpc) is 3.21. The maximum absolute atomic E-state index is 14.4. The molecule has 0 radical (unpaired) electrons. The van der Waals surface area contributed by atoms with Gasteiger partial charge in [0.1, 0.15) is 17.7 Å². The molecule has 1 aliphatic rings. The van der Waals surface area contributed by atoms with Gasteiger partial charge in [-0.25, -0.2) is 28.1 Å². The lowest BCUT2D eigenvalue weighted by atomic mass is 10.1. The Morgan fingerprint density at radius 1 is 1.33 bits per heavy atom. The quantitative estimate of drug-likeness (QED) is 0.129. The third-order valence-electron chi connectivity index (χ3n) is 4.99. The van der Waals surface area contributed by atoms with Crippen molar-refractivity contribution in [2.45, 2.75) is 31.6 Å². The van der Waals surface area contributed by atoms with Gasteiger partial charge in [-0.1, -0.05) is 5.21 Å². The van der Waals surface area contributed by atoms with Crippen LogP contribution < -0.4 is 22.2 Å². The highest BCUT2D eigenvalue weighted by Gasteiger charge is 2.44. The summed E-state index contributed by atoms with van der Waals surface area (Å²) in [5, 5.41) is 13.3. The minimum Gasteiger partial charge on any atom is -0.393 e. The zero-order valence-electron chi connectivity index (χ0n) is 19.1. The highest BCUT2D eigenvalue weighted by atomic mass is 19.3. The van der Waals surface area contributed by atoms with E-state index in [2.05, 4.69) is 25.9 Å². The smallest absolute Gasteiger partial charge is 0.272 e. The van der Waals surface area contributed by atoms with Crippen LogP contribution in [0.3, 0.4) is 0 Å². The predicted octanol–water partition coefficient (Wildman–Crippen LogP) is -0.278. The largest absolute Gasteiger partial charge is 0.393 e. The minimum atomic E-state index is -2.77. The minimum absolute atomic E-state index is 0.00275. The van der Waals surface area contributed by atoms with Gasteiger partial charge in [0.2, 0.25) is 5.91 Å². The molecule has 1 fully saturated rings. The molecule has 0 spiro atoms. The molecule has 1 unspecified atom stereocenters. The van der Waals surface area contributed by atoms with Crippen LogP contribution in [0.2, 0.25) is 0 Å². The van der Waals surface area contributed by atoms with Crippen LogP contribution in [0.25, 0.3) is 0 Å². The first-order chi connectivity index (χ1) is 17.0. The molecule has 36 heavy (non-hydrogen) atoms. The number of nitrogens with zero attached hydrogens (tertiary/aromatic N) is 6. The van der Waals surface area contributed by atoms with E-state index in [-0.39, 0.29) is 49.8 Å². The van der Waals surface area contributed by atoms with Crippen molar-refractivity contribution < 1.29 is 27.2 Å². The Balaban J connectivity index is 1.36. The van der Waals surface area contributed by atoms with Crippen LogP contribution in [0.5, 0.6) is 0 Å². The maximum Gasteiger partial charge on any atom is 0.272 e. The molecule has 1 atom stereocenters. The van der Waals surface area contributed by atoms with Gasteiger partial charge in [0.15, 0.2) is 5.82 Å². The van der Waals surface area contributed by atoms with Gasteiger partial charge >= 0.3 is 0 Å². The first-order valence-corrected chi connectivity index (χ1v) is 10.8. The van der Waals surface area contributed by atoms with E-state index in [9.17, 15) is 27.2 Å². The molecular weight excluding hydrogens is 488 g/mol. The number of carbonyl (C=O) groups excluding carboxylic acids is 2. The molecular formula is C20H26F4N10O2. The summed E-state index contributed by atoms with van der Waals surface area (Å²) in [6.07, 6.45) is 2.36. The van der Waals surface area contributed by atoms with Crippen molar-refractivity contribution in [2.75, 3.05) is 31.5 Å². The summed E-state index contributed by atoms with van der Waals surface area (Å²) < 4.78 is 54.7. The number of alkyl halides is 3. The average molecular weight is 514 g/mol. The first kappa shape index (κ1) is 26.8. The molecule has 0 aliphatic carbocycles. The molecule has 3 heterocycles. The number of hydrazine groups is 1. The number of hydrogen-bond acceptors (Lipinski definition) is 9. The molecule has 12 nitrogen and oxygen atoms in total. The van der Waals surface area contributed by atoms with E-state index in [1.807, 2.05) is 0 Å². The van der Waals surface area contributed by atoms with Gasteiger partial charge in [-0.3, -0.25) is 19.5 Å². The van der Waals surface area contributed by atoms with Crippen LogP contribution in [0, 0.1) is 5.82 Å². The Labute approximate surface area is 203 Å². The standard InChI is InChI=1S/C20H26F4N10O2/c21-13(7-34-9-17(30-31-34)29-18(35)10-32-11-20(23,24)12-32)3-5-33(26)8-15(25)19(36)28-6-16-14(22)2-1-4-27-16/h1-2,4,8-9,13H,3,5-7,10-12,25-26H2,(H,28,36)(H,29,35)/b15-8-. The zero-order valence-corrected chi connectivity index (χ0v) is 19.1. The Bertz CT molecular complexity index is 1090. The second kappa shape index (κ2) is 11.8. The Kier molecular flexibility index (Phi) is 8.76. The van der Waals surface area contributed by atoms with Gasteiger partial charge in [0.25, 0.3) is 11.8 Å². The second-order valence-electron chi connectivity index (χ2n) is 8.20. The van der Waals surface area contributed by atoms with Gasteiger partial charge in [-0.2, -0.15) is 0 Å². The second-order valence-corrected chi connectivity index (χ2v) is 8.20. The number of halogens is 4. The monoisotopic (exact) mass is 514 g/mol. The van der Waals surface area contributed by atoms with Gasteiger partial charge in [-0.15, -0.1) is 5.10 Å². The Morgan fingerprint density at radius 2 is 2.08 bits per heavy atom. The van der Waals surface area contributed by atoms with Crippen LogP contribution in [-0.4, -0.2) is 80.0 Å². The van der Waals surface area contributed by atoms with Crippen molar-refractivity contribution in [3.63, 3.8) is 0 Å². The maximum atomic E-state index is 14.4. The predicted molar refractivity (Wildman–Crippen MR) is 119 cm³/mol. The summed E-state index contributed by atoms with van der Waals surface area (Å²) in [6, 6.07) is 2.63. The topological polar surface area (TPSA) is 160 Å². The Morgan fingerprint density at radius 3 is 2.78 bits per heavy atom. The molecule has 196 valence electrons. The fraction of sp³-hybridized carbons (Fsp3) is 0.450. The number of likely N-dealkylation sites (tertiary alicyclic amines) is 1. The number of nitrogens with one attached hydrogen (secondary N) is 2. The van der Waals surface area contributed by atoms with E-state index in [4.69, 9.17) is 11.6 Å². The summed E-state index contributed by atoms with van der Waals surface area (Å²) in [4.78, 5) is 29.0. The number of amides is 2. The van der Waals surface area contributed by atoms with Crippen LogP contribution in [0.4, 0.5) is 23.4 Å². The number of nitrogens with two attached hydrogens (primary N) is 2. The number of pyridine rings is 1. The summed E-state index contributed by atoms with van der Waals surface area (Å²) in [6.45, 7) is -1.54. The lowest BCUT2D eigenvalue weighted by Gasteiger charge is -2.37. The molecule has 1 aliphatic heterocycles. The summed E-state index contributed by atoms with van der Waals surface area (Å²) >= 11 is 0. The van der Waals surface area contributed by atoms with Crippen LogP contribution in [0.1, 0.15) is 12.1 Å². The first-order valence-electron chi connectivity index (χ1n) is 10.8. The number of anilines is 1. The van der Waals surface area contributed by atoms with Crippen molar-refractivity contribution in [1.82, 2.24) is 35.2 Å². The molecule has 0 bridgehead atoms. The van der Waals surface area contributed by atoms with E-state index in [1.54, 1.807) is 0 Å². The van der Waals surface area contributed by atoms with Crippen LogP contribution in [0.15, 0.2) is 36.4 Å². The highest BCUT2D eigenvalue weighted by molar-refractivity contribution is 5.92. The lowest BCUT2D eigenvalue weighted by molar-refractivity contribution is -0.141. The zero-order chi connectivity index (χ0) is 26.3. The highest BCUT2D eigenvalue weighted by Crippen LogP contribution is 2.25. The van der Waals surface area contributed by atoms with Crippen molar-refractivity contribution in [3.05, 3.63) is 47.9 Å². The van der Waals surface area contributed by atoms with E-state index in [1.165, 1.54) is 34.1 Å². The van der Waals surface area contributed by atoms with E-state index in [0.717, 1.165) is 11.2 Å². The molecule has 2 aromatic heterocycles. The number of hydrogen-bond donors (Lipinski definition) is 4. The van der Waals surface area contributed by atoms with E-state index >= 15 is 0 Å². The third kappa shape index (κ3) is 8.16. The van der Waals surface area contributed by atoms with Crippen molar-refractivity contribution in [3.8, 4) is 0 Å². The molecule has 2 amide bonds. The number of carbonyl (C=O) groups is 2. The van der Waals surface area contributed by atoms with E-state index in [0.29, 0.717) is 0 Å². The summed E-state index contributed by atoms with van der Waals surface area (Å²) in [5.41, 5.74) is 5.45. The van der Waals surface area contributed by atoms with Gasteiger partial charge in [0.05, 0.1) is 44.6 Å². The molecule has 6 N–H and O–H groups in total. The molecule has 16 heteroatoms. The SMILES string of the molecule is N/C(=C\N(N)CCC(F)Cn1cc(NC(=O)CN2CC(F)(F)C2)nn1)C(=O)NCc1ncccc1F. The Hall–Kier alpha value is -3.79. The summed E-state index contributed by atoms with van der Waals surface area (Å²) in [7, 11) is 0. The van der Waals surface area contributed by atoms with E-state index < -0.39 is 42.8 Å². The summed E-state index contributed by atoms with van der Waals surface area (Å²) in [5.74, 6) is 1.22. The van der Waals surface area contributed by atoms with Crippen molar-refractivity contribution >= 4 is 17.6 Å². The molecule has 0 saturated carbocycles. The van der Waals surface area contributed by atoms with Gasteiger partial charge in [0, 0.05) is 18.9 Å². The molecule has 1 saturated heterocycles.